The first kappa shape index (κ1) is 14.6. The van der Waals surface area contributed by atoms with E-state index in [4.69, 9.17) is 4.42 Å². The number of carbonyl (C=O) groups is 2. The van der Waals surface area contributed by atoms with Crippen LogP contribution in [-0.4, -0.2) is 23.0 Å². The van der Waals surface area contributed by atoms with E-state index in [0.717, 1.165) is 5.56 Å². The standard InChI is InChI=1S/C15H16N2O4/c1-9-5-3-6-11(18)13(9)17-14(19)10(2)16-15(20)12-7-4-8-21-12/h3-8,10,18H,1-2H3,(H,16,20)(H,17,19)/t10-/m1/s1. The van der Waals surface area contributed by atoms with Crippen molar-refractivity contribution in [3.05, 3.63) is 47.9 Å². The van der Waals surface area contributed by atoms with Gasteiger partial charge in [-0.2, -0.15) is 0 Å². The first-order chi connectivity index (χ1) is 9.99. The molecule has 1 heterocycles. The number of furan rings is 1. The smallest absolute Gasteiger partial charge is 0.287 e. The molecule has 0 saturated heterocycles. The average molecular weight is 288 g/mol. The number of hydrogen-bond donors (Lipinski definition) is 3. The highest BCUT2D eigenvalue weighted by atomic mass is 16.3. The number of phenols is 1. The first-order valence-electron chi connectivity index (χ1n) is 6.43. The molecule has 0 aliphatic rings. The van der Waals surface area contributed by atoms with Crippen molar-refractivity contribution < 1.29 is 19.1 Å². The number of phenolic OH excluding ortho intramolecular Hbond substituents is 1. The first-order valence-corrected chi connectivity index (χ1v) is 6.43. The fourth-order valence-electron chi connectivity index (χ4n) is 1.79. The Kier molecular flexibility index (Phi) is 4.27. The van der Waals surface area contributed by atoms with Crippen LogP contribution in [0.4, 0.5) is 5.69 Å². The van der Waals surface area contributed by atoms with Crippen LogP contribution in [0.25, 0.3) is 0 Å². The summed E-state index contributed by atoms with van der Waals surface area (Å²) in [6, 6.07) is 7.25. The molecule has 1 aromatic heterocycles. The van der Waals surface area contributed by atoms with Gasteiger partial charge < -0.3 is 20.2 Å². The van der Waals surface area contributed by atoms with E-state index in [0.29, 0.717) is 5.69 Å². The van der Waals surface area contributed by atoms with Gasteiger partial charge in [-0.15, -0.1) is 0 Å². The average Bonchev–Trinajstić information content (AvgIpc) is 2.97. The summed E-state index contributed by atoms with van der Waals surface area (Å²) in [7, 11) is 0. The maximum atomic E-state index is 12.1. The number of benzene rings is 1. The Bertz CT molecular complexity index is 629. The van der Waals surface area contributed by atoms with E-state index >= 15 is 0 Å². The molecule has 3 N–H and O–H groups in total. The third kappa shape index (κ3) is 3.42. The second kappa shape index (κ2) is 6.13. The van der Waals surface area contributed by atoms with Crippen LogP contribution in [0, 0.1) is 6.92 Å². The molecule has 2 aromatic rings. The number of carbonyl (C=O) groups excluding carboxylic acids is 2. The van der Waals surface area contributed by atoms with Crippen molar-refractivity contribution >= 4 is 17.5 Å². The molecule has 0 aliphatic carbocycles. The van der Waals surface area contributed by atoms with Gasteiger partial charge in [0.15, 0.2) is 5.76 Å². The fourth-order valence-corrected chi connectivity index (χ4v) is 1.79. The Morgan fingerprint density at radius 1 is 1.24 bits per heavy atom. The Morgan fingerprint density at radius 2 is 2.00 bits per heavy atom. The zero-order chi connectivity index (χ0) is 15.4. The molecule has 6 heteroatoms. The predicted octanol–water partition coefficient (Wildman–Crippen LogP) is 2.05. The number of nitrogens with one attached hydrogen (secondary N) is 2. The zero-order valence-electron chi connectivity index (χ0n) is 11.7. The summed E-state index contributed by atoms with van der Waals surface area (Å²) < 4.78 is 4.95. The number of para-hydroxylation sites is 1. The van der Waals surface area contributed by atoms with Crippen molar-refractivity contribution in [1.82, 2.24) is 5.32 Å². The Labute approximate surface area is 121 Å². The van der Waals surface area contributed by atoms with Crippen LogP contribution in [0.5, 0.6) is 5.75 Å². The quantitative estimate of drug-likeness (QED) is 0.751. The molecule has 0 bridgehead atoms. The van der Waals surface area contributed by atoms with Crippen LogP contribution in [-0.2, 0) is 4.79 Å². The molecule has 2 rings (SSSR count). The molecule has 110 valence electrons. The molecule has 2 amide bonds. The van der Waals surface area contributed by atoms with E-state index in [-0.39, 0.29) is 11.5 Å². The topological polar surface area (TPSA) is 91.6 Å². The van der Waals surface area contributed by atoms with Crippen molar-refractivity contribution in [2.75, 3.05) is 5.32 Å². The number of amides is 2. The molecule has 6 nitrogen and oxygen atoms in total. The summed E-state index contributed by atoms with van der Waals surface area (Å²) >= 11 is 0. The number of anilines is 1. The minimum absolute atomic E-state index is 0.0205. The van der Waals surface area contributed by atoms with E-state index in [9.17, 15) is 14.7 Å². The molecule has 1 aromatic carbocycles. The predicted molar refractivity (Wildman–Crippen MR) is 77.1 cm³/mol. The number of aryl methyl sites for hydroxylation is 1. The Balaban J connectivity index is 2.01. The monoisotopic (exact) mass is 288 g/mol. The van der Waals surface area contributed by atoms with Crippen LogP contribution < -0.4 is 10.6 Å². The van der Waals surface area contributed by atoms with Gasteiger partial charge in [0, 0.05) is 0 Å². The Hall–Kier alpha value is -2.76. The maximum Gasteiger partial charge on any atom is 0.287 e. The van der Waals surface area contributed by atoms with Gasteiger partial charge in [-0.1, -0.05) is 12.1 Å². The second-order valence-electron chi connectivity index (χ2n) is 4.63. The highest BCUT2D eigenvalue weighted by molar-refractivity contribution is 6.00. The second-order valence-corrected chi connectivity index (χ2v) is 4.63. The highest BCUT2D eigenvalue weighted by Crippen LogP contribution is 2.26. The molecule has 1 atom stereocenters. The largest absolute Gasteiger partial charge is 0.506 e. The van der Waals surface area contributed by atoms with Crippen LogP contribution >= 0.6 is 0 Å². The van der Waals surface area contributed by atoms with Gasteiger partial charge in [0.2, 0.25) is 5.91 Å². The molecule has 0 radical (unpaired) electrons. The van der Waals surface area contributed by atoms with Crippen molar-refractivity contribution in [2.24, 2.45) is 0 Å². The van der Waals surface area contributed by atoms with Gasteiger partial charge in [-0.05, 0) is 37.6 Å². The van der Waals surface area contributed by atoms with Crippen LogP contribution in [0.3, 0.4) is 0 Å². The van der Waals surface area contributed by atoms with E-state index in [1.54, 1.807) is 32.0 Å². The molecule has 0 unspecified atom stereocenters. The van der Waals surface area contributed by atoms with Crippen molar-refractivity contribution in [1.29, 1.82) is 0 Å². The van der Waals surface area contributed by atoms with E-state index in [1.165, 1.54) is 18.4 Å². The van der Waals surface area contributed by atoms with Gasteiger partial charge in [-0.25, -0.2) is 0 Å². The highest BCUT2D eigenvalue weighted by Gasteiger charge is 2.19. The third-order valence-electron chi connectivity index (χ3n) is 2.98. The molecule has 21 heavy (non-hydrogen) atoms. The molecular formula is C15H16N2O4. The molecular weight excluding hydrogens is 272 g/mol. The lowest BCUT2D eigenvalue weighted by molar-refractivity contribution is -0.117. The van der Waals surface area contributed by atoms with E-state index in [1.807, 2.05) is 0 Å². The minimum atomic E-state index is -0.776. The lowest BCUT2D eigenvalue weighted by atomic mass is 10.1. The van der Waals surface area contributed by atoms with Gasteiger partial charge in [0.25, 0.3) is 5.91 Å². The minimum Gasteiger partial charge on any atom is -0.506 e. The van der Waals surface area contributed by atoms with Gasteiger partial charge in [-0.3, -0.25) is 9.59 Å². The summed E-state index contributed by atoms with van der Waals surface area (Å²) in [5, 5.41) is 14.8. The van der Waals surface area contributed by atoms with Crippen LogP contribution in [0.2, 0.25) is 0 Å². The summed E-state index contributed by atoms with van der Waals surface area (Å²) in [6.07, 6.45) is 1.38. The SMILES string of the molecule is Cc1cccc(O)c1NC(=O)[C@@H](C)NC(=O)c1ccco1. The number of rotatable bonds is 4. The molecule has 0 fully saturated rings. The van der Waals surface area contributed by atoms with Gasteiger partial charge in [0.05, 0.1) is 12.0 Å². The maximum absolute atomic E-state index is 12.1. The van der Waals surface area contributed by atoms with Crippen LogP contribution in [0.1, 0.15) is 23.0 Å². The summed E-state index contributed by atoms with van der Waals surface area (Å²) in [5.41, 5.74) is 1.06. The van der Waals surface area contributed by atoms with Crippen molar-refractivity contribution in [3.8, 4) is 5.75 Å². The molecule has 0 saturated carbocycles. The lowest BCUT2D eigenvalue weighted by Crippen LogP contribution is -2.41. The number of aromatic hydroxyl groups is 1. The normalized spacial score (nSPS) is 11.7. The summed E-state index contributed by atoms with van der Waals surface area (Å²) in [4.78, 5) is 23.8. The number of hydrogen-bond acceptors (Lipinski definition) is 4. The van der Waals surface area contributed by atoms with Crippen molar-refractivity contribution in [3.63, 3.8) is 0 Å². The fraction of sp³-hybridized carbons (Fsp3) is 0.200. The summed E-state index contributed by atoms with van der Waals surface area (Å²) in [6.45, 7) is 3.31. The lowest BCUT2D eigenvalue weighted by Gasteiger charge is -2.15. The van der Waals surface area contributed by atoms with Crippen LogP contribution in [0.15, 0.2) is 41.0 Å². The zero-order valence-corrected chi connectivity index (χ0v) is 11.7. The van der Waals surface area contributed by atoms with Crippen molar-refractivity contribution in [2.45, 2.75) is 19.9 Å². The molecule has 0 spiro atoms. The molecule has 0 aliphatic heterocycles. The Morgan fingerprint density at radius 3 is 2.62 bits per heavy atom. The van der Waals surface area contributed by atoms with Gasteiger partial charge in [0.1, 0.15) is 11.8 Å². The van der Waals surface area contributed by atoms with E-state index in [2.05, 4.69) is 10.6 Å². The van der Waals surface area contributed by atoms with E-state index < -0.39 is 17.9 Å². The van der Waals surface area contributed by atoms with Gasteiger partial charge >= 0.3 is 0 Å². The third-order valence-corrected chi connectivity index (χ3v) is 2.98. The summed E-state index contributed by atoms with van der Waals surface area (Å²) in [5.74, 6) is -0.794.